The lowest BCUT2D eigenvalue weighted by molar-refractivity contribution is -0.193. The van der Waals surface area contributed by atoms with Crippen LogP contribution in [0.2, 0.25) is 0 Å². The molecule has 0 bridgehead atoms. The van der Waals surface area contributed by atoms with Gasteiger partial charge in [0.25, 0.3) is 10.0 Å². The van der Waals surface area contributed by atoms with Gasteiger partial charge in [-0.05, 0) is 24.3 Å². The number of benzene rings is 1. The van der Waals surface area contributed by atoms with Crippen LogP contribution in [0.1, 0.15) is 10.4 Å². The second-order valence-corrected chi connectivity index (χ2v) is 7.62. The standard InChI is InChI=1S/C14H10N2O3S.2C2HF3O2/c17-10-11-3-1-5-14-13(11)6-8-16(14)20(18,19)12-4-2-7-15-9-12;2*3-2(4,5)1(6)7/h1-10H;2*(H,6,7). The number of aromatic nitrogens is 2. The average Bonchev–Trinajstić information content (AvgIpc) is 3.19. The highest BCUT2D eigenvalue weighted by molar-refractivity contribution is 7.90. The Balaban J connectivity index is 0.000000343. The molecule has 0 amide bonds. The number of carboxylic acids is 2. The number of hydrogen-bond acceptors (Lipinski definition) is 6. The SMILES string of the molecule is O=C(O)C(F)(F)F.O=C(O)C(F)(F)F.O=Cc1cccc2c1ccn2S(=O)(=O)c1cccnc1. The Hall–Kier alpha value is -3.95. The number of hydrogen-bond donors (Lipinski definition) is 2. The van der Waals surface area contributed by atoms with Gasteiger partial charge in [0.1, 0.15) is 4.90 Å². The van der Waals surface area contributed by atoms with Gasteiger partial charge < -0.3 is 10.2 Å². The lowest BCUT2D eigenvalue weighted by Gasteiger charge is -2.07. The van der Waals surface area contributed by atoms with E-state index in [1.807, 2.05) is 0 Å². The molecular weight excluding hydrogens is 502 g/mol. The molecule has 2 N–H and O–H groups in total. The molecule has 184 valence electrons. The lowest BCUT2D eigenvalue weighted by Crippen LogP contribution is -2.21. The van der Waals surface area contributed by atoms with Gasteiger partial charge in [0.15, 0.2) is 6.29 Å². The quantitative estimate of drug-likeness (QED) is 0.400. The summed E-state index contributed by atoms with van der Waals surface area (Å²) >= 11 is 0. The molecule has 0 aliphatic rings. The zero-order chi connectivity index (χ0) is 26.3. The van der Waals surface area contributed by atoms with Crippen molar-refractivity contribution in [2.45, 2.75) is 17.2 Å². The molecule has 3 aromatic rings. The molecule has 9 nitrogen and oxygen atoms in total. The summed E-state index contributed by atoms with van der Waals surface area (Å²) in [5, 5.41) is 14.9. The third kappa shape index (κ3) is 7.29. The van der Waals surface area contributed by atoms with E-state index >= 15 is 0 Å². The summed E-state index contributed by atoms with van der Waals surface area (Å²) in [5.41, 5.74) is 0.932. The van der Waals surface area contributed by atoms with Crippen molar-refractivity contribution in [2.24, 2.45) is 0 Å². The second kappa shape index (κ2) is 10.8. The first-order valence-corrected chi connectivity index (χ1v) is 9.78. The van der Waals surface area contributed by atoms with Crippen LogP contribution in [-0.4, -0.2) is 58.2 Å². The first-order valence-electron chi connectivity index (χ1n) is 8.34. The number of pyridine rings is 1. The normalized spacial score (nSPS) is 11.5. The van der Waals surface area contributed by atoms with Crippen molar-refractivity contribution in [2.75, 3.05) is 0 Å². The van der Waals surface area contributed by atoms with Gasteiger partial charge in [0.2, 0.25) is 0 Å². The van der Waals surface area contributed by atoms with Gasteiger partial charge in [-0.3, -0.25) is 9.78 Å². The number of rotatable bonds is 3. The number of aliphatic carboxylic acids is 2. The van der Waals surface area contributed by atoms with Crippen LogP contribution in [0.25, 0.3) is 10.9 Å². The molecule has 2 heterocycles. The zero-order valence-corrected chi connectivity index (χ0v) is 17.1. The fraction of sp³-hybridized carbons (Fsp3) is 0.111. The number of carboxylic acid groups (broad SMARTS) is 2. The fourth-order valence-electron chi connectivity index (χ4n) is 2.09. The topological polar surface area (TPSA) is 144 Å². The second-order valence-electron chi connectivity index (χ2n) is 5.81. The molecule has 0 saturated carbocycles. The first-order chi connectivity index (χ1) is 15.5. The molecule has 16 heteroatoms. The van der Waals surface area contributed by atoms with Crippen LogP contribution >= 0.6 is 0 Å². The molecule has 0 spiro atoms. The van der Waals surface area contributed by atoms with Crippen molar-refractivity contribution < 1.29 is 59.4 Å². The van der Waals surface area contributed by atoms with Crippen LogP contribution in [0, 0.1) is 0 Å². The van der Waals surface area contributed by atoms with Crippen LogP contribution in [0.5, 0.6) is 0 Å². The molecule has 1 aromatic carbocycles. The Kier molecular flexibility index (Phi) is 8.90. The Morgan fingerprint density at radius 3 is 1.85 bits per heavy atom. The number of carbonyl (C=O) groups is 3. The largest absolute Gasteiger partial charge is 0.490 e. The Bertz CT molecular complexity index is 1250. The summed E-state index contributed by atoms with van der Waals surface area (Å²) < 4.78 is 89.7. The number of carbonyl (C=O) groups excluding carboxylic acids is 1. The van der Waals surface area contributed by atoms with E-state index in [1.54, 1.807) is 30.3 Å². The van der Waals surface area contributed by atoms with Gasteiger partial charge in [-0.2, -0.15) is 26.3 Å². The Labute approximate surface area is 185 Å². The number of aldehydes is 1. The van der Waals surface area contributed by atoms with Crippen LogP contribution in [0.3, 0.4) is 0 Å². The van der Waals surface area contributed by atoms with Gasteiger partial charge in [-0.25, -0.2) is 22.0 Å². The minimum atomic E-state index is -5.08. The molecule has 0 atom stereocenters. The van der Waals surface area contributed by atoms with E-state index in [9.17, 15) is 39.6 Å². The number of alkyl halides is 6. The maximum absolute atomic E-state index is 12.5. The van der Waals surface area contributed by atoms with Crippen LogP contribution in [-0.2, 0) is 19.6 Å². The van der Waals surface area contributed by atoms with E-state index < -0.39 is 34.3 Å². The molecule has 3 rings (SSSR count). The van der Waals surface area contributed by atoms with Gasteiger partial charge in [0.05, 0.1) is 5.52 Å². The van der Waals surface area contributed by atoms with Gasteiger partial charge in [-0.1, -0.05) is 12.1 Å². The molecule has 0 saturated heterocycles. The van der Waals surface area contributed by atoms with Crippen LogP contribution < -0.4 is 0 Å². The monoisotopic (exact) mass is 514 g/mol. The maximum atomic E-state index is 12.5. The molecule has 0 aliphatic heterocycles. The van der Waals surface area contributed by atoms with E-state index in [2.05, 4.69) is 4.98 Å². The van der Waals surface area contributed by atoms with Gasteiger partial charge in [-0.15, -0.1) is 0 Å². The Morgan fingerprint density at radius 2 is 1.44 bits per heavy atom. The third-order valence-electron chi connectivity index (χ3n) is 3.53. The summed E-state index contributed by atoms with van der Waals surface area (Å²) in [4.78, 5) is 32.7. The highest BCUT2D eigenvalue weighted by Gasteiger charge is 2.38. The van der Waals surface area contributed by atoms with E-state index in [4.69, 9.17) is 19.8 Å². The van der Waals surface area contributed by atoms with E-state index in [1.165, 1.54) is 24.7 Å². The first kappa shape index (κ1) is 28.1. The summed E-state index contributed by atoms with van der Waals surface area (Å²) in [6, 6.07) is 9.63. The van der Waals surface area contributed by atoms with E-state index in [0.717, 1.165) is 3.97 Å². The van der Waals surface area contributed by atoms with Crippen molar-refractivity contribution >= 4 is 39.2 Å². The highest BCUT2D eigenvalue weighted by atomic mass is 32.2. The van der Waals surface area contributed by atoms with Gasteiger partial charge >= 0.3 is 24.3 Å². The molecule has 0 fully saturated rings. The van der Waals surface area contributed by atoms with Crippen LogP contribution in [0.4, 0.5) is 26.3 Å². The molecule has 0 radical (unpaired) electrons. The molecule has 34 heavy (non-hydrogen) atoms. The third-order valence-corrected chi connectivity index (χ3v) is 5.21. The number of nitrogens with zero attached hydrogens (tertiary/aromatic N) is 2. The summed E-state index contributed by atoms with van der Waals surface area (Å²) in [7, 11) is -3.71. The smallest absolute Gasteiger partial charge is 0.475 e. The van der Waals surface area contributed by atoms with Crippen LogP contribution in [0.15, 0.2) is 59.9 Å². The Morgan fingerprint density at radius 1 is 0.912 bits per heavy atom. The predicted octanol–water partition coefficient (Wildman–Crippen LogP) is 3.35. The van der Waals surface area contributed by atoms with Crippen molar-refractivity contribution in [3.05, 3.63) is 60.6 Å². The zero-order valence-electron chi connectivity index (χ0n) is 16.3. The van der Waals surface area contributed by atoms with E-state index in [0.29, 0.717) is 22.8 Å². The maximum Gasteiger partial charge on any atom is 0.490 e. The predicted molar refractivity (Wildman–Crippen MR) is 102 cm³/mol. The molecule has 2 aromatic heterocycles. The fourth-order valence-corrected chi connectivity index (χ4v) is 3.40. The van der Waals surface area contributed by atoms with Gasteiger partial charge in [0, 0.05) is 29.5 Å². The van der Waals surface area contributed by atoms with Crippen molar-refractivity contribution in [3.63, 3.8) is 0 Å². The minimum Gasteiger partial charge on any atom is -0.475 e. The number of fused-ring (bicyclic) bond motifs is 1. The highest BCUT2D eigenvalue weighted by Crippen LogP contribution is 2.23. The van der Waals surface area contributed by atoms with Crippen molar-refractivity contribution in [1.82, 2.24) is 8.96 Å². The molecular formula is C18H12F6N2O7S. The average molecular weight is 514 g/mol. The summed E-state index contributed by atoms with van der Waals surface area (Å²) in [5.74, 6) is -5.51. The lowest BCUT2D eigenvalue weighted by atomic mass is 10.1. The number of halogens is 6. The minimum absolute atomic E-state index is 0.106. The van der Waals surface area contributed by atoms with Crippen molar-refractivity contribution in [3.8, 4) is 0 Å². The summed E-state index contributed by atoms with van der Waals surface area (Å²) in [6.07, 6.45) is -5.20. The molecule has 0 aliphatic carbocycles. The van der Waals surface area contributed by atoms with E-state index in [-0.39, 0.29) is 4.90 Å². The summed E-state index contributed by atoms with van der Waals surface area (Å²) in [6.45, 7) is 0. The molecule has 0 unspecified atom stereocenters. The van der Waals surface area contributed by atoms with Crippen molar-refractivity contribution in [1.29, 1.82) is 0 Å².